The largest absolute Gasteiger partial charge is 0.441 e. The monoisotopic (exact) mass is 373 g/mol. The second-order valence-electron chi connectivity index (χ2n) is 7.46. The molecule has 3 heterocycles. The van der Waals surface area contributed by atoms with Crippen LogP contribution >= 0.6 is 0 Å². The Morgan fingerprint density at radius 3 is 2.74 bits per heavy atom. The van der Waals surface area contributed by atoms with E-state index in [1.165, 1.54) is 12.3 Å². The molecule has 0 saturated carbocycles. The van der Waals surface area contributed by atoms with Crippen molar-refractivity contribution in [1.29, 1.82) is 0 Å². The maximum atomic E-state index is 13.8. The second kappa shape index (κ2) is 7.40. The van der Waals surface area contributed by atoms with Gasteiger partial charge in [0.2, 0.25) is 5.91 Å². The average molecular weight is 373 g/mol. The predicted molar refractivity (Wildman–Crippen MR) is 97.3 cm³/mol. The number of nitrogens with one attached hydrogen (secondary N) is 1. The van der Waals surface area contributed by atoms with E-state index in [0.717, 1.165) is 12.8 Å². The van der Waals surface area contributed by atoms with Crippen LogP contribution in [0.2, 0.25) is 0 Å². The van der Waals surface area contributed by atoms with Crippen LogP contribution < -0.4 is 5.32 Å². The molecular weight excluding hydrogens is 349 g/mol. The van der Waals surface area contributed by atoms with Crippen molar-refractivity contribution in [2.45, 2.75) is 31.3 Å². The van der Waals surface area contributed by atoms with Crippen LogP contribution in [0.3, 0.4) is 0 Å². The molecule has 27 heavy (non-hydrogen) atoms. The Balaban J connectivity index is 1.28. The van der Waals surface area contributed by atoms with E-state index in [4.69, 9.17) is 4.42 Å². The maximum Gasteiger partial charge on any atom is 0.223 e. The van der Waals surface area contributed by atoms with Gasteiger partial charge >= 0.3 is 0 Å². The molecule has 0 aliphatic carbocycles. The van der Waals surface area contributed by atoms with Crippen molar-refractivity contribution in [3.8, 4) is 11.3 Å². The van der Waals surface area contributed by atoms with Gasteiger partial charge in [0.1, 0.15) is 5.82 Å². The fraction of sp³-hybridized carbons (Fsp3) is 0.500. The molecule has 2 aliphatic rings. The summed E-state index contributed by atoms with van der Waals surface area (Å²) in [4.78, 5) is 18.5. The van der Waals surface area contributed by atoms with E-state index in [2.05, 4.69) is 10.3 Å². The quantitative estimate of drug-likeness (QED) is 0.838. The molecule has 0 radical (unpaired) electrons. The zero-order valence-electron chi connectivity index (χ0n) is 15.2. The van der Waals surface area contributed by atoms with E-state index in [-0.39, 0.29) is 17.6 Å². The summed E-state index contributed by atoms with van der Waals surface area (Å²) in [7, 11) is 0. The standard InChI is InChI=1S/C20H24FN3O3/c21-16-4-2-1-3-15(16)17-11-23-18(27-17)5-6-19(25)24-9-7-14(8-10-24)20(26)12-22-13-20/h1-4,11,14,22,26H,5-10,12-13H2. The molecule has 0 unspecified atom stereocenters. The molecule has 6 nitrogen and oxygen atoms in total. The molecule has 1 aromatic carbocycles. The van der Waals surface area contributed by atoms with Crippen LogP contribution in [0, 0.1) is 11.7 Å². The predicted octanol–water partition coefficient (Wildman–Crippen LogP) is 1.99. The topological polar surface area (TPSA) is 78.6 Å². The van der Waals surface area contributed by atoms with Gasteiger partial charge in [0.15, 0.2) is 11.7 Å². The van der Waals surface area contributed by atoms with Crippen molar-refractivity contribution in [2.24, 2.45) is 5.92 Å². The number of hydrogen-bond donors (Lipinski definition) is 2. The minimum atomic E-state index is -0.587. The van der Waals surface area contributed by atoms with E-state index < -0.39 is 5.60 Å². The lowest BCUT2D eigenvalue weighted by molar-refractivity contribution is -0.136. The Hall–Kier alpha value is -2.25. The number of β-amino-alcohol motifs (C(OH)–C–C–N with tert-alkyl or cyclic N) is 1. The zero-order valence-corrected chi connectivity index (χ0v) is 15.2. The number of piperidine rings is 1. The van der Waals surface area contributed by atoms with Gasteiger partial charge in [-0.05, 0) is 30.9 Å². The molecule has 4 rings (SSSR count). The summed E-state index contributed by atoms with van der Waals surface area (Å²) in [6, 6.07) is 6.38. The lowest BCUT2D eigenvalue weighted by Crippen LogP contribution is -2.65. The number of carbonyl (C=O) groups is 1. The van der Waals surface area contributed by atoms with Gasteiger partial charge in [0.25, 0.3) is 0 Å². The minimum Gasteiger partial charge on any atom is -0.441 e. The van der Waals surface area contributed by atoms with Crippen LogP contribution in [-0.4, -0.2) is 52.7 Å². The van der Waals surface area contributed by atoms with Gasteiger partial charge in [-0.2, -0.15) is 0 Å². The molecular formula is C20H24FN3O3. The van der Waals surface area contributed by atoms with Crippen LogP contribution in [0.1, 0.15) is 25.2 Å². The summed E-state index contributed by atoms with van der Waals surface area (Å²) in [5.74, 6) is 0.781. The van der Waals surface area contributed by atoms with Gasteiger partial charge in [-0.25, -0.2) is 9.37 Å². The van der Waals surface area contributed by atoms with E-state index in [9.17, 15) is 14.3 Å². The number of nitrogens with zero attached hydrogens (tertiary/aromatic N) is 2. The summed E-state index contributed by atoms with van der Waals surface area (Å²) in [5, 5.41) is 13.5. The van der Waals surface area contributed by atoms with Gasteiger partial charge in [0.05, 0.1) is 17.4 Å². The first kappa shape index (κ1) is 18.1. The summed E-state index contributed by atoms with van der Waals surface area (Å²) >= 11 is 0. The summed E-state index contributed by atoms with van der Waals surface area (Å²) in [5.41, 5.74) is -0.218. The van der Waals surface area contributed by atoms with Crippen molar-refractivity contribution in [3.05, 3.63) is 42.2 Å². The number of amides is 1. The maximum absolute atomic E-state index is 13.8. The van der Waals surface area contributed by atoms with Gasteiger partial charge in [-0.3, -0.25) is 4.79 Å². The van der Waals surface area contributed by atoms with Crippen molar-refractivity contribution >= 4 is 5.91 Å². The number of aromatic nitrogens is 1. The number of hydrogen-bond acceptors (Lipinski definition) is 5. The number of likely N-dealkylation sites (tertiary alicyclic amines) is 1. The normalized spacial score (nSPS) is 19.7. The lowest BCUT2D eigenvalue weighted by atomic mass is 9.76. The highest BCUT2D eigenvalue weighted by Crippen LogP contribution is 2.31. The van der Waals surface area contributed by atoms with E-state index in [0.29, 0.717) is 56.2 Å². The highest BCUT2D eigenvalue weighted by atomic mass is 19.1. The third-order valence-electron chi connectivity index (χ3n) is 5.72. The number of oxazole rings is 1. The van der Waals surface area contributed by atoms with Gasteiger partial charge < -0.3 is 19.7 Å². The van der Waals surface area contributed by atoms with Crippen molar-refractivity contribution < 1.29 is 18.7 Å². The number of aliphatic hydroxyl groups is 1. The van der Waals surface area contributed by atoms with Crippen molar-refractivity contribution in [1.82, 2.24) is 15.2 Å². The Kier molecular flexibility index (Phi) is 4.97. The zero-order chi connectivity index (χ0) is 18.9. The highest BCUT2D eigenvalue weighted by Gasteiger charge is 2.43. The first-order chi connectivity index (χ1) is 13.0. The van der Waals surface area contributed by atoms with Gasteiger partial charge in [-0.1, -0.05) is 12.1 Å². The minimum absolute atomic E-state index is 0.0674. The number of benzene rings is 1. The average Bonchev–Trinajstić information content (AvgIpc) is 3.13. The molecule has 2 aliphatic heterocycles. The smallest absolute Gasteiger partial charge is 0.223 e. The molecule has 0 bridgehead atoms. The summed E-state index contributed by atoms with van der Waals surface area (Å²) in [6.07, 6.45) is 3.87. The summed E-state index contributed by atoms with van der Waals surface area (Å²) in [6.45, 7) is 2.66. The van der Waals surface area contributed by atoms with E-state index in [1.807, 2.05) is 4.90 Å². The van der Waals surface area contributed by atoms with Crippen LogP contribution in [0.15, 0.2) is 34.9 Å². The Labute approximate surface area is 157 Å². The Morgan fingerprint density at radius 2 is 2.07 bits per heavy atom. The van der Waals surface area contributed by atoms with Crippen LogP contribution in [-0.2, 0) is 11.2 Å². The van der Waals surface area contributed by atoms with Crippen molar-refractivity contribution in [2.75, 3.05) is 26.2 Å². The number of aryl methyl sites for hydroxylation is 1. The van der Waals surface area contributed by atoms with Crippen LogP contribution in [0.4, 0.5) is 4.39 Å². The fourth-order valence-electron chi connectivity index (χ4n) is 3.92. The molecule has 0 spiro atoms. The Bertz CT molecular complexity index is 810. The van der Waals surface area contributed by atoms with E-state index >= 15 is 0 Å². The molecule has 0 atom stereocenters. The third kappa shape index (κ3) is 3.75. The molecule has 7 heteroatoms. The Morgan fingerprint density at radius 1 is 1.33 bits per heavy atom. The van der Waals surface area contributed by atoms with Crippen molar-refractivity contribution in [3.63, 3.8) is 0 Å². The van der Waals surface area contributed by atoms with Crippen LogP contribution in [0.25, 0.3) is 11.3 Å². The molecule has 1 aromatic heterocycles. The van der Waals surface area contributed by atoms with E-state index in [1.54, 1.807) is 18.2 Å². The van der Waals surface area contributed by atoms with Gasteiger partial charge in [0, 0.05) is 39.0 Å². The number of carbonyl (C=O) groups excluding carboxylic acids is 1. The first-order valence-electron chi connectivity index (χ1n) is 9.46. The third-order valence-corrected chi connectivity index (χ3v) is 5.72. The van der Waals surface area contributed by atoms with Crippen LogP contribution in [0.5, 0.6) is 0 Å². The second-order valence-corrected chi connectivity index (χ2v) is 7.46. The molecule has 2 saturated heterocycles. The fourth-order valence-corrected chi connectivity index (χ4v) is 3.92. The lowest BCUT2D eigenvalue weighted by Gasteiger charge is -2.47. The number of halogens is 1. The number of rotatable bonds is 5. The van der Waals surface area contributed by atoms with Gasteiger partial charge in [-0.15, -0.1) is 0 Å². The molecule has 1 amide bonds. The summed E-state index contributed by atoms with van der Waals surface area (Å²) < 4.78 is 19.4. The molecule has 2 aromatic rings. The molecule has 2 fully saturated rings. The SMILES string of the molecule is O=C(CCc1ncc(-c2ccccc2F)o1)N1CCC(C2(O)CNC2)CC1. The first-order valence-corrected chi connectivity index (χ1v) is 9.46. The molecule has 144 valence electrons. The highest BCUT2D eigenvalue weighted by molar-refractivity contribution is 5.76. The molecule has 2 N–H and O–H groups in total.